The third-order valence-electron chi connectivity index (χ3n) is 8.46. The van der Waals surface area contributed by atoms with Crippen LogP contribution in [0.2, 0.25) is 0 Å². The molecule has 0 bridgehead atoms. The van der Waals surface area contributed by atoms with Gasteiger partial charge in [-0.2, -0.15) is 4.31 Å². The molecule has 41 heavy (non-hydrogen) atoms. The summed E-state index contributed by atoms with van der Waals surface area (Å²) in [6.07, 6.45) is 1.93. The van der Waals surface area contributed by atoms with E-state index in [1.807, 2.05) is 37.3 Å². The van der Waals surface area contributed by atoms with Gasteiger partial charge in [-0.05, 0) is 70.2 Å². The number of benzene rings is 2. The highest BCUT2D eigenvalue weighted by atomic mass is 32.2. The Hall–Kier alpha value is -3.69. The van der Waals surface area contributed by atoms with Crippen molar-refractivity contribution in [2.45, 2.75) is 57.4 Å². The molecule has 1 saturated heterocycles. The number of para-hydroxylation sites is 1. The van der Waals surface area contributed by atoms with Crippen LogP contribution in [0.1, 0.15) is 59.5 Å². The van der Waals surface area contributed by atoms with Crippen molar-refractivity contribution >= 4 is 26.7 Å². The van der Waals surface area contributed by atoms with Crippen molar-refractivity contribution in [2.75, 3.05) is 20.2 Å². The summed E-state index contributed by atoms with van der Waals surface area (Å²) >= 11 is 0. The van der Waals surface area contributed by atoms with Gasteiger partial charge in [0.15, 0.2) is 5.78 Å². The molecular formula is C32H37N3O5S. The Morgan fingerprint density at radius 1 is 1.05 bits per heavy atom. The van der Waals surface area contributed by atoms with Crippen molar-refractivity contribution in [1.82, 2.24) is 13.9 Å². The molecule has 3 heterocycles. The maximum absolute atomic E-state index is 13.7. The molecule has 4 aromatic rings. The van der Waals surface area contributed by atoms with Crippen LogP contribution in [-0.2, 0) is 16.4 Å². The number of nitrogens with one attached hydrogen (secondary N) is 1. The molecule has 2 aromatic heterocycles. The van der Waals surface area contributed by atoms with Crippen molar-refractivity contribution < 1.29 is 17.9 Å². The minimum absolute atomic E-state index is 0.0181. The number of pyridine rings is 1. The van der Waals surface area contributed by atoms with Crippen LogP contribution >= 0.6 is 0 Å². The van der Waals surface area contributed by atoms with Crippen LogP contribution in [0.15, 0.2) is 70.4 Å². The lowest BCUT2D eigenvalue weighted by atomic mass is 9.91. The number of aryl methyl sites for hydroxylation is 1. The number of nitrogens with zero attached hydrogens (tertiary/aromatic N) is 2. The first-order valence-corrected chi connectivity index (χ1v) is 15.5. The lowest BCUT2D eigenvalue weighted by molar-refractivity contribution is 0.0983. The highest BCUT2D eigenvalue weighted by Gasteiger charge is 2.33. The van der Waals surface area contributed by atoms with Crippen molar-refractivity contribution in [2.24, 2.45) is 5.92 Å². The van der Waals surface area contributed by atoms with Gasteiger partial charge in [0.2, 0.25) is 10.0 Å². The van der Waals surface area contributed by atoms with E-state index in [4.69, 9.17) is 4.74 Å². The summed E-state index contributed by atoms with van der Waals surface area (Å²) < 4.78 is 35.5. The number of methoxy groups -OCH3 is 1. The molecule has 1 aliphatic rings. The topological polar surface area (TPSA) is 101 Å². The Morgan fingerprint density at radius 3 is 2.39 bits per heavy atom. The molecule has 8 nitrogen and oxygen atoms in total. The van der Waals surface area contributed by atoms with E-state index in [1.54, 1.807) is 41.6 Å². The molecule has 1 fully saturated rings. The number of sulfonamides is 1. The molecule has 2 aromatic carbocycles. The fourth-order valence-electron chi connectivity index (χ4n) is 6.29. The zero-order valence-electron chi connectivity index (χ0n) is 24.0. The summed E-state index contributed by atoms with van der Waals surface area (Å²) in [7, 11) is -1.99. The van der Waals surface area contributed by atoms with Crippen LogP contribution in [0.5, 0.6) is 5.75 Å². The molecule has 0 aliphatic carbocycles. The Balaban J connectivity index is 1.37. The third kappa shape index (κ3) is 5.48. The zero-order chi connectivity index (χ0) is 29.3. The van der Waals surface area contributed by atoms with Crippen molar-refractivity contribution in [3.63, 3.8) is 0 Å². The highest BCUT2D eigenvalue weighted by molar-refractivity contribution is 7.89. The Labute approximate surface area is 241 Å². The predicted molar refractivity (Wildman–Crippen MR) is 160 cm³/mol. The number of rotatable bonds is 9. The van der Waals surface area contributed by atoms with Gasteiger partial charge in [0.05, 0.1) is 17.6 Å². The van der Waals surface area contributed by atoms with Gasteiger partial charge in [-0.15, -0.1) is 0 Å². The summed E-state index contributed by atoms with van der Waals surface area (Å²) in [4.78, 5) is 29.4. The molecule has 0 amide bonds. The number of ether oxygens (including phenoxy) is 1. The second kappa shape index (κ2) is 11.7. The van der Waals surface area contributed by atoms with Gasteiger partial charge in [-0.25, -0.2) is 8.42 Å². The SMILES string of the molecule is COc1cc(C)[nH]c(=O)c1CCC(=O)c1c(C)n([C@H](C)C2CCN(S(=O)(=O)c3ccccc3)CC2)c2ccccc12. The van der Waals surface area contributed by atoms with Crippen LogP contribution in [-0.4, -0.2) is 48.3 Å². The molecule has 0 radical (unpaired) electrons. The second-order valence-corrected chi connectivity index (χ2v) is 12.8. The molecule has 1 N–H and O–H groups in total. The monoisotopic (exact) mass is 575 g/mol. The number of carbonyl (C=O) groups excluding carboxylic acids is 1. The minimum Gasteiger partial charge on any atom is -0.496 e. The summed E-state index contributed by atoms with van der Waals surface area (Å²) in [5.41, 5.74) is 3.51. The Morgan fingerprint density at radius 2 is 1.71 bits per heavy atom. The first-order chi connectivity index (χ1) is 19.6. The van der Waals surface area contributed by atoms with Crippen LogP contribution in [0.3, 0.4) is 0 Å². The smallest absolute Gasteiger partial charge is 0.255 e. The highest BCUT2D eigenvalue weighted by Crippen LogP contribution is 2.37. The quantitative estimate of drug-likeness (QED) is 0.268. The van der Waals surface area contributed by atoms with Gasteiger partial charge in [-0.1, -0.05) is 36.4 Å². The average molecular weight is 576 g/mol. The predicted octanol–water partition coefficient (Wildman–Crippen LogP) is 5.43. The van der Waals surface area contributed by atoms with E-state index in [2.05, 4.69) is 16.5 Å². The number of H-pyrrole nitrogens is 1. The largest absolute Gasteiger partial charge is 0.496 e. The lowest BCUT2D eigenvalue weighted by Gasteiger charge is -2.35. The lowest BCUT2D eigenvalue weighted by Crippen LogP contribution is -2.40. The van der Waals surface area contributed by atoms with Crippen molar-refractivity contribution in [3.8, 4) is 5.75 Å². The maximum Gasteiger partial charge on any atom is 0.255 e. The number of hydrogen-bond acceptors (Lipinski definition) is 5. The number of piperidine rings is 1. The van der Waals surface area contributed by atoms with Gasteiger partial charge in [-0.3, -0.25) is 9.59 Å². The van der Waals surface area contributed by atoms with E-state index in [0.717, 1.165) is 29.4 Å². The molecule has 0 saturated carbocycles. The van der Waals surface area contributed by atoms with Gasteiger partial charge in [0.25, 0.3) is 5.56 Å². The number of aromatic nitrogens is 2. The molecular weight excluding hydrogens is 538 g/mol. The normalized spacial score (nSPS) is 15.7. The number of fused-ring (bicyclic) bond motifs is 1. The number of aromatic amines is 1. The molecule has 1 atom stereocenters. The standard InChI is InChI=1S/C32H37N3O5S/c1-21-20-30(40-4)27(32(37)33-21)14-15-29(36)31-23(3)35(28-13-9-8-12-26(28)31)22(2)24-16-18-34(19-17-24)41(38,39)25-10-6-5-7-11-25/h5-13,20,22,24H,14-19H2,1-4H3,(H,33,37)/t22-/m1/s1. The summed E-state index contributed by atoms with van der Waals surface area (Å²) in [5.74, 6) is 0.730. The number of Topliss-reactive ketones (excluding diaryl/α,β-unsaturated/α-hetero) is 1. The Bertz CT molecular complexity index is 1730. The molecule has 216 valence electrons. The third-order valence-corrected chi connectivity index (χ3v) is 10.4. The number of carbonyl (C=O) groups is 1. The number of ketones is 1. The van der Waals surface area contributed by atoms with Crippen LogP contribution in [0.25, 0.3) is 10.9 Å². The van der Waals surface area contributed by atoms with Gasteiger partial charge < -0.3 is 14.3 Å². The molecule has 0 spiro atoms. The minimum atomic E-state index is -3.52. The van der Waals surface area contributed by atoms with Gasteiger partial charge >= 0.3 is 0 Å². The molecule has 0 unspecified atom stereocenters. The van der Waals surface area contributed by atoms with E-state index in [1.165, 1.54) is 7.11 Å². The maximum atomic E-state index is 13.7. The van der Waals surface area contributed by atoms with Crippen LogP contribution in [0, 0.1) is 19.8 Å². The van der Waals surface area contributed by atoms with Crippen LogP contribution < -0.4 is 10.3 Å². The van der Waals surface area contributed by atoms with E-state index >= 15 is 0 Å². The van der Waals surface area contributed by atoms with Crippen molar-refractivity contribution in [1.29, 1.82) is 0 Å². The molecule has 1 aliphatic heterocycles. The molecule has 5 rings (SSSR count). The average Bonchev–Trinajstić information content (AvgIpc) is 3.27. The summed E-state index contributed by atoms with van der Waals surface area (Å²) in [6, 6.07) is 18.4. The second-order valence-electron chi connectivity index (χ2n) is 10.9. The number of hydrogen-bond donors (Lipinski definition) is 1. The molecule has 9 heteroatoms. The zero-order valence-corrected chi connectivity index (χ0v) is 24.8. The van der Waals surface area contributed by atoms with Crippen LogP contribution in [0.4, 0.5) is 0 Å². The van der Waals surface area contributed by atoms with Gasteiger partial charge in [0, 0.05) is 53.4 Å². The summed E-state index contributed by atoms with van der Waals surface area (Å²) in [6.45, 7) is 6.87. The van der Waals surface area contributed by atoms with E-state index in [0.29, 0.717) is 40.6 Å². The van der Waals surface area contributed by atoms with Gasteiger partial charge in [0.1, 0.15) is 5.75 Å². The van der Waals surface area contributed by atoms with E-state index < -0.39 is 10.0 Å². The van der Waals surface area contributed by atoms with E-state index in [9.17, 15) is 18.0 Å². The fraction of sp³-hybridized carbons (Fsp3) is 0.375. The van der Waals surface area contributed by atoms with Crippen molar-refractivity contribution in [3.05, 3.63) is 93.5 Å². The fourth-order valence-corrected chi connectivity index (χ4v) is 7.78. The first-order valence-electron chi connectivity index (χ1n) is 14.1. The summed E-state index contributed by atoms with van der Waals surface area (Å²) in [5, 5.41) is 0.899. The first kappa shape index (κ1) is 28.8. The van der Waals surface area contributed by atoms with E-state index in [-0.39, 0.29) is 36.1 Å². The Kier molecular flexibility index (Phi) is 8.20.